The number of nitrogens with one attached hydrogen (secondary N) is 1. The fraction of sp³-hybridized carbons (Fsp3) is 0.118. The number of nitrogens with zero attached hydrogens (tertiary/aromatic N) is 1. The van der Waals surface area contributed by atoms with E-state index in [0.717, 1.165) is 21.6 Å². The Morgan fingerprint density at radius 2 is 1.84 bits per heavy atom. The average molecular weight is 358 g/mol. The molecule has 0 spiro atoms. The molecule has 25 heavy (non-hydrogen) atoms. The normalized spacial score (nSPS) is 12.3. The molecule has 1 aliphatic heterocycles. The van der Waals surface area contributed by atoms with Crippen molar-refractivity contribution < 1.29 is 23.7 Å². The second kappa shape index (κ2) is 6.23. The van der Waals surface area contributed by atoms with Gasteiger partial charge in [0.15, 0.2) is 11.5 Å². The van der Waals surface area contributed by atoms with Crippen LogP contribution in [0.1, 0.15) is 0 Å². The molecule has 2 heterocycles. The molecule has 4 rings (SSSR count). The number of thiol groups is 1. The number of ether oxygens (including phenoxy) is 2. The molecular weight excluding hydrogens is 344 g/mol. The van der Waals surface area contributed by atoms with Gasteiger partial charge in [0.2, 0.25) is 11.5 Å². The van der Waals surface area contributed by atoms with E-state index in [4.69, 9.17) is 23.7 Å². The van der Waals surface area contributed by atoms with Gasteiger partial charge in [-0.15, -0.1) is 12.6 Å². The van der Waals surface area contributed by atoms with Gasteiger partial charge >= 0.3 is 0 Å². The van der Waals surface area contributed by atoms with E-state index in [2.05, 4.69) is 23.4 Å². The second-order valence-corrected chi connectivity index (χ2v) is 5.73. The van der Waals surface area contributed by atoms with E-state index in [-0.39, 0.29) is 0 Å². The monoisotopic (exact) mass is 358 g/mol. The highest BCUT2D eigenvalue weighted by Crippen LogP contribution is 2.45. The van der Waals surface area contributed by atoms with Gasteiger partial charge in [-0.2, -0.15) is 0 Å². The number of fused-ring (bicyclic) bond motifs is 1. The molecule has 3 aromatic rings. The molecule has 2 aromatic carbocycles. The van der Waals surface area contributed by atoms with E-state index in [9.17, 15) is 0 Å². The van der Waals surface area contributed by atoms with Crippen molar-refractivity contribution in [3.8, 4) is 45.4 Å². The molecule has 0 radical (unpaired) electrons. The van der Waals surface area contributed by atoms with Gasteiger partial charge in [-0.05, 0) is 29.8 Å². The summed E-state index contributed by atoms with van der Waals surface area (Å²) < 4.78 is 16.1. The zero-order valence-corrected chi connectivity index (χ0v) is 14.3. The van der Waals surface area contributed by atoms with Crippen LogP contribution in [0.15, 0.2) is 45.9 Å². The number of benzene rings is 2. The topological polar surface area (TPSA) is 75.0 Å². The van der Waals surface area contributed by atoms with Crippen molar-refractivity contribution in [2.24, 2.45) is 0 Å². The lowest BCUT2D eigenvalue weighted by molar-refractivity contribution is 0.0248. The van der Waals surface area contributed by atoms with E-state index in [0.29, 0.717) is 28.8 Å². The van der Waals surface area contributed by atoms with Gasteiger partial charge in [0.05, 0.1) is 20.4 Å². The SMILES string of the molecule is COc1ccc(-c2cnoc2-c2cc(OC)c3c(c2)ONO3)cc1S. The maximum Gasteiger partial charge on any atom is 0.237 e. The molecule has 1 aromatic heterocycles. The minimum absolute atomic E-state index is 0.481. The highest BCUT2D eigenvalue weighted by Gasteiger charge is 2.24. The Morgan fingerprint density at radius 1 is 1.00 bits per heavy atom. The molecule has 0 saturated heterocycles. The minimum atomic E-state index is 0.481. The zero-order valence-electron chi connectivity index (χ0n) is 13.4. The lowest BCUT2D eigenvalue weighted by Gasteiger charge is -2.08. The first-order chi connectivity index (χ1) is 12.2. The van der Waals surface area contributed by atoms with Gasteiger partial charge < -0.3 is 23.7 Å². The van der Waals surface area contributed by atoms with Crippen LogP contribution in [0.4, 0.5) is 0 Å². The van der Waals surface area contributed by atoms with E-state index in [1.54, 1.807) is 32.5 Å². The van der Waals surface area contributed by atoms with Crippen LogP contribution < -0.4 is 24.8 Å². The Balaban J connectivity index is 1.82. The Bertz CT molecular complexity index is 941. The van der Waals surface area contributed by atoms with Gasteiger partial charge in [0.1, 0.15) is 5.75 Å². The number of rotatable bonds is 4. The van der Waals surface area contributed by atoms with Crippen molar-refractivity contribution >= 4 is 12.6 Å². The molecule has 0 amide bonds. The Morgan fingerprint density at radius 3 is 2.60 bits per heavy atom. The molecule has 8 heteroatoms. The number of hydrogen-bond acceptors (Lipinski definition) is 8. The van der Waals surface area contributed by atoms with Crippen molar-refractivity contribution in [3.05, 3.63) is 36.5 Å². The van der Waals surface area contributed by atoms with Crippen molar-refractivity contribution in [2.45, 2.75) is 4.90 Å². The summed E-state index contributed by atoms with van der Waals surface area (Å²) in [5, 5.41) is 3.94. The summed E-state index contributed by atoms with van der Waals surface area (Å²) in [6.07, 6.45) is 1.65. The third kappa shape index (κ3) is 2.65. The molecular formula is C17H14N2O5S. The third-order valence-corrected chi connectivity index (χ3v) is 4.21. The molecule has 1 aliphatic rings. The summed E-state index contributed by atoms with van der Waals surface area (Å²) >= 11 is 4.44. The first kappa shape index (κ1) is 15.7. The van der Waals surface area contributed by atoms with Crippen LogP contribution in [0.2, 0.25) is 0 Å². The lowest BCUT2D eigenvalue weighted by Crippen LogP contribution is -2.14. The first-order valence-corrected chi connectivity index (χ1v) is 7.79. The van der Waals surface area contributed by atoms with Crippen LogP contribution in [0.5, 0.6) is 23.0 Å². The van der Waals surface area contributed by atoms with Gasteiger partial charge in [0, 0.05) is 21.7 Å². The van der Waals surface area contributed by atoms with Crippen LogP contribution in [-0.4, -0.2) is 19.4 Å². The average Bonchev–Trinajstić information content (AvgIpc) is 3.29. The molecule has 0 saturated carbocycles. The van der Waals surface area contributed by atoms with Gasteiger partial charge in [-0.25, -0.2) is 0 Å². The van der Waals surface area contributed by atoms with Gasteiger partial charge in [0.25, 0.3) is 0 Å². The summed E-state index contributed by atoms with van der Waals surface area (Å²) in [5.74, 6) is 2.77. The summed E-state index contributed by atoms with van der Waals surface area (Å²) in [7, 11) is 3.16. The fourth-order valence-corrected chi connectivity index (χ4v) is 2.96. The maximum absolute atomic E-state index is 5.48. The Kier molecular flexibility index (Phi) is 3.90. The lowest BCUT2D eigenvalue weighted by atomic mass is 10.0. The van der Waals surface area contributed by atoms with E-state index < -0.39 is 0 Å². The van der Waals surface area contributed by atoms with Crippen molar-refractivity contribution in [3.63, 3.8) is 0 Å². The molecule has 0 bridgehead atoms. The largest absolute Gasteiger partial charge is 0.496 e. The van der Waals surface area contributed by atoms with Crippen LogP contribution in [-0.2, 0) is 0 Å². The van der Waals surface area contributed by atoms with Crippen molar-refractivity contribution in [2.75, 3.05) is 14.2 Å². The summed E-state index contributed by atoms with van der Waals surface area (Å²) in [6.45, 7) is 0. The fourth-order valence-electron chi connectivity index (χ4n) is 2.65. The summed E-state index contributed by atoms with van der Waals surface area (Å²) in [6, 6.07) is 9.24. The van der Waals surface area contributed by atoms with Crippen molar-refractivity contribution in [1.82, 2.24) is 10.8 Å². The predicted octanol–water partition coefficient (Wildman–Crippen LogP) is 3.51. The van der Waals surface area contributed by atoms with E-state index >= 15 is 0 Å². The Hall–Kier alpha value is -2.84. The molecule has 128 valence electrons. The second-order valence-electron chi connectivity index (χ2n) is 5.25. The van der Waals surface area contributed by atoms with Crippen molar-refractivity contribution in [1.29, 1.82) is 0 Å². The van der Waals surface area contributed by atoms with Crippen LogP contribution >= 0.6 is 12.6 Å². The molecule has 1 N–H and O–H groups in total. The zero-order chi connectivity index (χ0) is 17.4. The smallest absolute Gasteiger partial charge is 0.237 e. The maximum atomic E-state index is 5.48. The van der Waals surface area contributed by atoms with Crippen LogP contribution in [0.25, 0.3) is 22.5 Å². The molecule has 0 atom stereocenters. The standard InChI is InChI=1S/C17H14N2O5S/c1-20-12-4-3-9(7-15(12)25)11-8-18-23-16(11)10-5-13(21-2)17-14(6-10)22-19-24-17/h3-8,19,25H,1-2H3. The summed E-state index contributed by atoms with van der Waals surface area (Å²) in [5.41, 5.74) is 4.81. The van der Waals surface area contributed by atoms with Crippen LogP contribution in [0.3, 0.4) is 0 Å². The third-order valence-electron chi connectivity index (χ3n) is 3.86. The Labute approximate surface area is 148 Å². The molecule has 0 unspecified atom stereocenters. The number of methoxy groups -OCH3 is 2. The minimum Gasteiger partial charge on any atom is -0.496 e. The van der Waals surface area contributed by atoms with E-state index in [1.165, 1.54) is 0 Å². The number of aromatic nitrogens is 1. The molecule has 7 nitrogen and oxygen atoms in total. The molecule has 0 fully saturated rings. The predicted molar refractivity (Wildman–Crippen MR) is 92.1 cm³/mol. The van der Waals surface area contributed by atoms with Crippen LogP contribution in [0, 0.1) is 0 Å². The first-order valence-electron chi connectivity index (χ1n) is 7.34. The highest BCUT2D eigenvalue weighted by molar-refractivity contribution is 7.80. The number of hydrogen-bond donors (Lipinski definition) is 2. The van der Waals surface area contributed by atoms with Gasteiger partial charge in [-0.3, -0.25) is 0 Å². The van der Waals surface area contributed by atoms with E-state index in [1.807, 2.05) is 18.2 Å². The molecule has 0 aliphatic carbocycles. The highest BCUT2D eigenvalue weighted by atomic mass is 32.1. The van der Waals surface area contributed by atoms with Gasteiger partial charge in [-0.1, -0.05) is 11.2 Å². The quantitative estimate of drug-likeness (QED) is 0.691. The summed E-state index contributed by atoms with van der Waals surface area (Å²) in [4.78, 5) is 11.1.